The summed E-state index contributed by atoms with van der Waals surface area (Å²) in [5.41, 5.74) is 1.37. The van der Waals surface area contributed by atoms with Crippen molar-refractivity contribution in [2.75, 3.05) is 7.11 Å². The van der Waals surface area contributed by atoms with Crippen LogP contribution in [0.2, 0.25) is 0 Å². The fourth-order valence-electron chi connectivity index (χ4n) is 4.89. The number of hydrogen-bond acceptors (Lipinski definition) is 7. The van der Waals surface area contributed by atoms with Crippen LogP contribution in [0.15, 0.2) is 71.3 Å². The molecule has 1 atom stereocenters. The first-order chi connectivity index (χ1) is 19.5. The Labute approximate surface area is 231 Å². The number of hydrogen-bond donors (Lipinski definition) is 1. The summed E-state index contributed by atoms with van der Waals surface area (Å²) < 4.78 is 24.5. The molecule has 1 aliphatic carbocycles. The monoisotopic (exact) mass is 546 g/mol. The first-order valence-corrected chi connectivity index (χ1v) is 13.3. The first-order valence-electron chi connectivity index (χ1n) is 13.3. The van der Waals surface area contributed by atoms with E-state index in [-0.39, 0.29) is 25.0 Å². The van der Waals surface area contributed by atoms with E-state index in [0.717, 1.165) is 32.1 Å². The fourth-order valence-corrected chi connectivity index (χ4v) is 4.89. The van der Waals surface area contributed by atoms with Crippen molar-refractivity contribution in [3.05, 3.63) is 84.1 Å². The van der Waals surface area contributed by atoms with Crippen molar-refractivity contribution in [3.8, 4) is 17.1 Å². The molecule has 40 heavy (non-hydrogen) atoms. The summed E-state index contributed by atoms with van der Waals surface area (Å²) in [6, 6.07) is 15.3. The number of carbonyl (C=O) groups is 2. The molecule has 0 spiro atoms. The van der Waals surface area contributed by atoms with Crippen LogP contribution in [-0.2, 0) is 22.7 Å². The van der Waals surface area contributed by atoms with Crippen molar-refractivity contribution >= 4 is 11.8 Å². The number of ether oxygens (including phenoxy) is 1. The number of amides is 2. The predicted octanol–water partition coefficient (Wildman–Crippen LogP) is 4.30. The fraction of sp³-hybridized carbons (Fsp3) is 0.345. The molecule has 1 unspecified atom stereocenters. The Kier molecular flexibility index (Phi) is 8.48. The molecule has 1 saturated carbocycles. The Morgan fingerprint density at radius 1 is 1.10 bits per heavy atom. The zero-order chi connectivity index (χ0) is 27.9. The SMILES string of the molecule is COc1ccc(-c2nnn(CC(=O)N(Cc3ccc(F)cc3)C(C(=O)NC3CCCCC3)c3ccco3)n2)cc1. The minimum absolute atomic E-state index is 0.0329. The van der Waals surface area contributed by atoms with Crippen molar-refractivity contribution in [1.82, 2.24) is 30.4 Å². The zero-order valence-corrected chi connectivity index (χ0v) is 22.2. The van der Waals surface area contributed by atoms with Crippen molar-refractivity contribution in [2.45, 2.75) is 57.3 Å². The summed E-state index contributed by atoms with van der Waals surface area (Å²) in [5, 5.41) is 15.6. The second-order valence-electron chi connectivity index (χ2n) is 9.78. The van der Waals surface area contributed by atoms with E-state index in [1.165, 1.54) is 28.1 Å². The van der Waals surface area contributed by atoms with E-state index in [0.29, 0.717) is 28.5 Å². The van der Waals surface area contributed by atoms with Crippen molar-refractivity contribution < 1.29 is 23.1 Å². The van der Waals surface area contributed by atoms with Crippen molar-refractivity contribution in [1.29, 1.82) is 0 Å². The van der Waals surface area contributed by atoms with Crippen LogP contribution in [0.1, 0.15) is 49.5 Å². The van der Waals surface area contributed by atoms with Crippen LogP contribution < -0.4 is 10.1 Å². The summed E-state index contributed by atoms with van der Waals surface area (Å²) in [4.78, 5) is 30.1. The molecule has 0 aliphatic heterocycles. The lowest BCUT2D eigenvalue weighted by Crippen LogP contribution is -2.47. The second-order valence-corrected chi connectivity index (χ2v) is 9.78. The molecular weight excluding hydrogens is 515 g/mol. The van der Waals surface area contributed by atoms with Crippen molar-refractivity contribution in [3.63, 3.8) is 0 Å². The molecule has 2 amide bonds. The maximum atomic E-state index is 13.8. The summed E-state index contributed by atoms with van der Waals surface area (Å²) >= 11 is 0. The molecule has 11 heteroatoms. The number of nitrogens with one attached hydrogen (secondary N) is 1. The van der Waals surface area contributed by atoms with Crippen LogP contribution in [0.4, 0.5) is 4.39 Å². The number of aromatic nitrogens is 4. The van der Waals surface area contributed by atoms with Crippen molar-refractivity contribution in [2.24, 2.45) is 0 Å². The van der Waals surface area contributed by atoms with E-state index in [9.17, 15) is 14.0 Å². The average molecular weight is 547 g/mol. The van der Waals surface area contributed by atoms with E-state index in [1.54, 1.807) is 55.6 Å². The molecular formula is C29H31FN6O4. The zero-order valence-electron chi connectivity index (χ0n) is 22.2. The van der Waals surface area contributed by atoms with Gasteiger partial charge in [-0.25, -0.2) is 4.39 Å². The molecule has 1 fully saturated rings. The van der Waals surface area contributed by atoms with Crippen LogP contribution in [0.5, 0.6) is 5.75 Å². The molecule has 2 aromatic carbocycles. The highest BCUT2D eigenvalue weighted by molar-refractivity contribution is 5.88. The molecule has 2 heterocycles. The lowest BCUT2D eigenvalue weighted by molar-refractivity contribution is -0.143. The number of methoxy groups -OCH3 is 1. The van der Waals surface area contributed by atoms with E-state index < -0.39 is 17.8 Å². The van der Waals surface area contributed by atoms with Crippen LogP contribution in [-0.4, -0.2) is 50.1 Å². The summed E-state index contributed by atoms with van der Waals surface area (Å²) in [5.74, 6) is 0.216. The standard InChI is InChI=1S/C29H31FN6O4/c1-39-24-15-11-21(12-16-24)28-32-34-36(33-28)19-26(37)35(18-20-9-13-22(30)14-10-20)27(25-8-5-17-40-25)29(38)31-23-6-3-2-4-7-23/h5,8-17,23,27H,2-4,6-7,18-19H2,1H3,(H,31,38). The number of furan rings is 1. The van der Waals surface area contributed by atoms with E-state index in [4.69, 9.17) is 9.15 Å². The van der Waals surface area contributed by atoms with Gasteiger partial charge in [-0.1, -0.05) is 31.4 Å². The number of halogens is 1. The Morgan fingerprint density at radius 2 is 1.85 bits per heavy atom. The van der Waals surface area contributed by atoms with Gasteiger partial charge in [0.1, 0.15) is 23.9 Å². The van der Waals surface area contributed by atoms with Gasteiger partial charge in [-0.2, -0.15) is 4.80 Å². The molecule has 0 bridgehead atoms. The van der Waals surface area contributed by atoms with Crippen LogP contribution in [0, 0.1) is 5.82 Å². The Hall–Kier alpha value is -4.54. The van der Waals surface area contributed by atoms with Gasteiger partial charge in [-0.05, 0) is 72.1 Å². The largest absolute Gasteiger partial charge is 0.497 e. The third-order valence-electron chi connectivity index (χ3n) is 6.99. The highest BCUT2D eigenvalue weighted by atomic mass is 19.1. The lowest BCUT2D eigenvalue weighted by atomic mass is 9.95. The van der Waals surface area contributed by atoms with Gasteiger partial charge >= 0.3 is 0 Å². The minimum atomic E-state index is -1.04. The number of nitrogens with zero attached hydrogens (tertiary/aromatic N) is 5. The topological polar surface area (TPSA) is 115 Å². The summed E-state index contributed by atoms with van der Waals surface area (Å²) in [6.45, 7) is -0.221. The molecule has 208 valence electrons. The number of carbonyl (C=O) groups excluding carboxylic acids is 2. The van der Waals surface area contributed by atoms with Gasteiger partial charge < -0.3 is 19.4 Å². The van der Waals surface area contributed by atoms with Crippen LogP contribution in [0.25, 0.3) is 11.4 Å². The minimum Gasteiger partial charge on any atom is -0.497 e. The molecule has 10 nitrogen and oxygen atoms in total. The molecule has 2 aromatic heterocycles. The molecule has 4 aromatic rings. The van der Waals surface area contributed by atoms with Gasteiger partial charge in [-0.3, -0.25) is 9.59 Å². The highest BCUT2D eigenvalue weighted by Crippen LogP contribution is 2.27. The van der Waals surface area contributed by atoms with E-state index in [2.05, 4.69) is 20.7 Å². The quantitative estimate of drug-likeness (QED) is 0.315. The Bertz CT molecular complexity index is 1400. The van der Waals surface area contributed by atoms with Gasteiger partial charge in [-0.15, -0.1) is 10.2 Å². The van der Waals surface area contributed by atoms with Gasteiger partial charge in [0.05, 0.1) is 13.4 Å². The maximum Gasteiger partial charge on any atom is 0.250 e. The smallest absolute Gasteiger partial charge is 0.250 e. The second kappa shape index (κ2) is 12.5. The van der Waals surface area contributed by atoms with Gasteiger partial charge in [0.15, 0.2) is 6.04 Å². The van der Waals surface area contributed by atoms with Gasteiger partial charge in [0.25, 0.3) is 5.91 Å². The average Bonchev–Trinajstić information content (AvgIpc) is 3.67. The first kappa shape index (κ1) is 27.0. The van der Waals surface area contributed by atoms with E-state index in [1.807, 2.05) is 0 Å². The summed E-state index contributed by atoms with van der Waals surface area (Å²) in [7, 11) is 1.58. The number of tetrazole rings is 1. The van der Waals surface area contributed by atoms with Crippen LogP contribution >= 0.6 is 0 Å². The third kappa shape index (κ3) is 6.53. The van der Waals surface area contributed by atoms with Gasteiger partial charge in [0, 0.05) is 18.2 Å². The molecule has 1 N–H and O–H groups in total. The molecule has 5 rings (SSSR count). The summed E-state index contributed by atoms with van der Waals surface area (Å²) in [6.07, 6.45) is 6.48. The Morgan fingerprint density at radius 3 is 2.52 bits per heavy atom. The number of benzene rings is 2. The maximum absolute atomic E-state index is 13.8. The normalized spacial score (nSPS) is 14.4. The number of rotatable bonds is 10. The molecule has 0 radical (unpaired) electrons. The molecule has 1 aliphatic rings. The third-order valence-corrected chi connectivity index (χ3v) is 6.99. The van der Waals surface area contributed by atoms with Crippen LogP contribution in [0.3, 0.4) is 0 Å². The highest BCUT2D eigenvalue weighted by Gasteiger charge is 2.35. The van der Waals surface area contributed by atoms with Gasteiger partial charge in [0.2, 0.25) is 11.7 Å². The lowest BCUT2D eigenvalue weighted by Gasteiger charge is -2.32. The Balaban J connectivity index is 1.41. The predicted molar refractivity (Wildman–Crippen MR) is 143 cm³/mol. The molecule has 0 saturated heterocycles. The van der Waals surface area contributed by atoms with E-state index >= 15 is 0 Å².